The molecule has 236 valence electrons. The van der Waals surface area contributed by atoms with E-state index in [9.17, 15) is 37.5 Å². The van der Waals surface area contributed by atoms with Gasteiger partial charge < -0.3 is 30.9 Å². The molecular formula is C29H36F3N3O8. The monoisotopic (exact) mass is 611 g/mol. The molecule has 0 saturated heterocycles. The SMILES string of the molecule is CC(C)(C)COC(=O)NCCCC(=O)NCC(=O)NC(CC(=O)O)c1ccc(-c2ccccc2)cc1.O=C(O)C(F)(F)F. The highest BCUT2D eigenvalue weighted by molar-refractivity contribution is 5.85. The number of hydrogen-bond acceptors (Lipinski definition) is 6. The lowest BCUT2D eigenvalue weighted by Crippen LogP contribution is -2.39. The van der Waals surface area contributed by atoms with Crippen molar-refractivity contribution < 1.29 is 52.1 Å². The number of alkyl halides is 3. The normalized spacial score (nSPS) is 11.7. The largest absolute Gasteiger partial charge is 0.490 e. The summed E-state index contributed by atoms with van der Waals surface area (Å²) in [4.78, 5) is 56.3. The smallest absolute Gasteiger partial charge is 0.481 e. The van der Waals surface area contributed by atoms with E-state index in [2.05, 4.69) is 16.0 Å². The van der Waals surface area contributed by atoms with E-state index in [0.29, 0.717) is 12.0 Å². The first-order chi connectivity index (χ1) is 20.0. The van der Waals surface area contributed by atoms with Gasteiger partial charge in [-0.2, -0.15) is 13.2 Å². The van der Waals surface area contributed by atoms with Crippen LogP contribution in [0.25, 0.3) is 11.1 Å². The highest BCUT2D eigenvalue weighted by atomic mass is 19.4. The van der Waals surface area contributed by atoms with Crippen LogP contribution in [0.15, 0.2) is 54.6 Å². The third-order valence-corrected chi connectivity index (χ3v) is 5.31. The van der Waals surface area contributed by atoms with E-state index in [4.69, 9.17) is 14.6 Å². The van der Waals surface area contributed by atoms with Gasteiger partial charge in [0, 0.05) is 13.0 Å². The molecule has 0 aliphatic carbocycles. The summed E-state index contributed by atoms with van der Waals surface area (Å²) in [5.41, 5.74) is 2.53. The number of aliphatic carboxylic acids is 2. The Labute approximate surface area is 246 Å². The van der Waals surface area contributed by atoms with Crippen LogP contribution in [-0.2, 0) is 23.9 Å². The number of nitrogens with one attached hydrogen (secondary N) is 3. The van der Waals surface area contributed by atoms with Crippen LogP contribution in [-0.4, -0.2) is 65.9 Å². The molecule has 5 N–H and O–H groups in total. The van der Waals surface area contributed by atoms with Crippen molar-refractivity contribution in [3.63, 3.8) is 0 Å². The summed E-state index contributed by atoms with van der Waals surface area (Å²) in [5, 5.41) is 24.2. The van der Waals surface area contributed by atoms with Crippen molar-refractivity contribution in [1.82, 2.24) is 16.0 Å². The molecule has 0 saturated carbocycles. The molecule has 3 amide bonds. The van der Waals surface area contributed by atoms with Crippen LogP contribution < -0.4 is 16.0 Å². The van der Waals surface area contributed by atoms with Crippen LogP contribution in [0, 0.1) is 5.41 Å². The quantitative estimate of drug-likeness (QED) is 0.221. The predicted molar refractivity (Wildman–Crippen MR) is 150 cm³/mol. The van der Waals surface area contributed by atoms with Gasteiger partial charge in [0.2, 0.25) is 11.8 Å². The number of carbonyl (C=O) groups is 5. The zero-order valence-corrected chi connectivity index (χ0v) is 24.0. The average molecular weight is 612 g/mol. The fourth-order valence-electron chi connectivity index (χ4n) is 3.25. The first-order valence-electron chi connectivity index (χ1n) is 13.1. The average Bonchev–Trinajstić information content (AvgIpc) is 2.92. The molecule has 2 rings (SSSR count). The highest BCUT2D eigenvalue weighted by Gasteiger charge is 2.38. The third kappa shape index (κ3) is 16.4. The van der Waals surface area contributed by atoms with Gasteiger partial charge in [-0.1, -0.05) is 75.4 Å². The van der Waals surface area contributed by atoms with Gasteiger partial charge in [0.1, 0.15) is 0 Å². The molecule has 0 radical (unpaired) electrons. The second-order valence-electron chi connectivity index (χ2n) is 10.5. The topological polar surface area (TPSA) is 171 Å². The van der Waals surface area contributed by atoms with E-state index in [1.807, 2.05) is 63.2 Å². The van der Waals surface area contributed by atoms with E-state index in [1.54, 1.807) is 12.1 Å². The molecule has 0 aliphatic heterocycles. The molecule has 2 aromatic rings. The van der Waals surface area contributed by atoms with Crippen molar-refractivity contribution in [2.75, 3.05) is 19.7 Å². The number of amides is 3. The number of carboxylic acid groups (broad SMARTS) is 2. The van der Waals surface area contributed by atoms with E-state index in [1.165, 1.54) is 0 Å². The Morgan fingerprint density at radius 1 is 0.837 bits per heavy atom. The Morgan fingerprint density at radius 2 is 1.40 bits per heavy atom. The van der Waals surface area contributed by atoms with Gasteiger partial charge in [-0.15, -0.1) is 0 Å². The maximum absolute atomic E-state index is 12.4. The van der Waals surface area contributed by atoms with Crippen molar-refractivity contribution in [3.8, 4) is 11.1 Å². The molecule has 0 aliphatic rings. The number of ether oxygens (including phenoxy) is 1. The second kappa shape index (κ2) is 17.4. The lowest BCUT2D eigenvalue weighted by atomic mass is 9.99. The minimum absolute atomic E-state index is 0.117. The number of hydrogen-bond donors (Lipinski definition) is 5. The Morgan fingerprint density at radius 3 is 1.91 bits per heavy atom. The highest BCUT2D eigenvalue weighted by Crippen LogP contribution is 2.23. The Bertz CT molecular complexity index is 1210. The maximum Gasteiger partial charge on any atom is 0.490 e. The number of carbonyl (C=O) groups excluding carboxylic acids is 3. The first kappa shape index (κ1) is 36.4. The molecule has 0 fully saturated rings. The van der Waals surface area contributed by atoms with Crippen LogP contribution in [0.5, 0.6) is 0 Å². The number of rotatable bonds is 12. The summed E-state index contributed by atoms with van der Waals surface area (Å²) >= 11 is 0. The molecule has 1 unspecified atom stereocenters. The summed E-state index contributed by atoms with van der Waals surface area (Å²) in [7, 11) is 0. The molecule has 11 nitrogen and oxygen atoms in total. The number of halogens is 3. The minimum atomic E-state index is -5.08. The molecule has 14 heteroatoms. The molecule has 0 bridgehead atoms. The van der Waals surface area contributed by atoms with Gasteiger partial charge in [0.05, 0.1) is 25.6 Å². The van der Waals surface area contributed by atoms with Crippen LogP contribution in [0.4, 0.5) is 18.0 Å². The van der Waals surface area contributed by atoms with Crippen molar-refractivity contribution in [1.29, 1.82) is 0 Å². The van der Waals surface area contributed by atoms with Crippen molar-refractivity contribution in [3.05, 3.63) is 60.2 Å². The van der Waals surface area contributed by atoms with Gasteiger partial charge in [-0.05, 0) is 28.5 Å². The Balaban J connectivity index is 0.00000117. The second-order valence-corrected chi connectivity index (χ2v) is 10.5. The molecule has 0 spiro atoms. The number of carboxylic acids is 2. The minimum Gasteiger partial charge on any atom is -0.481 e. The fourth-order valence-corrected chi connectivity index (χ4v) is 3.25. The molecule has 43 heavy (non-hydrogen) atoms. The summed E-state index contributed by atoms with van der Waals surface area (Å²) in [5.74, 6) is -4.65. The summed E-state index contributed by atoms with van der Waals surface area (Å²) in [6.45, 7) is 6.12. The third-order valence-electron chi connectivity index (χ3n) is 5.31. The van der Waals surface area contributed by atoms with Crippen LogP contribution in [0.3, 0.4) is 0 Å². The van der Waals surface area contributed by atoms with Crippen molar-refractivity contribution in [2.45, 2.75) is 52.3 Å². The Hall–Kier alpha value is -4.62. The summed E-state index contributed by atoms with van der Waals surface area (Å²) < 4.78 is 36.8. The lowest BCUT2D eigenvalue weighted by Gasteiger charge is -2.18. The maximum atomic E-state index is 12.4. The van der Waals surface area contributed by atoms with Crippen molar-refractivity contribution in [2.24, 2.45) is 5.41 Å². The van der Waals surface area contributed by atoms with E-state index in [0.717, 1.165) is 11.1 Å². The summed E-state index contributed by atoms with van der Waals surface area (Å²) in [6, 6.07) is 16.3. The van der Waals surface area contributed by atoms with E-state index in [-0.39, 0.29) is 43.9 Å². The van der Waals surface area contributed by atoms with Gasteiger partial charge in [0.25, 0.3) is 0 Å². The molecular weight excluding hydrogens is 575 g/mol. The van der Waals surface area contributed by atoms with Crippen LogP contribution in [0.1, 0.15) is 51.6 Å². The molecule has 0 aromatic heterocycles. The molecule has 2 aromatic carbocycles. The van der Waals surface area contributed by atoms with Crippen molar-refractivity contribution >= 4 is 29.8 Å². The summed E-state index contributed by atoms with van der Waals surface area (Å²) in [6.07, 6.45) is -5.41. The van der Waals surface area contributed by atoms with Crippen LogP contribution >= 0.6 is 0 Å². The lowest BCUT2D eigenvalue weighted by molar-refractivity contribution is -0.192. The zero-order chi connectivity index (χ0) is 32.6. The molecule has 1 atom stereocenters. The first-order valence-corrected chi connectivity index (χ1v) is 13.1. The predicted octanol–water partition coefficient (Wildman–Crippen LogP) is 4.29. The standard InChI is InChI=1S/C27H35N3O6.C2HF3O2/c1-27(2,3)18-36-26(35)28-15-7-10-23(31)29-17-24(32)30-22(16-25(33)34)21-13-11-20(12-14-21)19-8-5-4-6-9-19;3-2(4,5)1(6)7/h4-6,8-9,11-14,22H,7,10,15-18H2,1-3H3,(H,28,35)(H,29,31)(H,30,32)(H,33,34);(H,6,7). The molecule has 0 heterocycles. The fraction of sp³-hybridized carbons (Fsp3) is 0.414. The van der Waals surface area contributed by atoms with Gasteiger partial charge in [-0.3, -0.25) is 14.4 Å². The number of benzene rings is 2. The zero-order valence-electron chi connectivity index (χ0n) is 24.0. The number of alkyl carbamates (subject to hydrolysis) is 1. The van der Waals surface area contributed by atoms with Gasteiger partial charge >= 0.3 is 24.2 Å². The van der Waals surface area contributed by atoms with Crippen LogP contribution in [0.2, 0.25) is 0 Å². The van der Waals surface area contributed by atoms with Gasteiger partial charge in [-0.25, -0.2) is 9.59 Å². The van der Waals surface area contributed by atoms with E-state index < -0.39 is 36.2 Å². The Kier molecular flexibility index (Phi) is 14.7. The van der Waals surface area contributed by atoms with Gasteiger partial charge in [0.15, 0.2) is 0 Å². The van der Waals surface area contributed by atoms with E-state index >= 15 is 0 Å².